The molecular weight excluding hydrogens is 251 g/mol. The molecule has 0 aliphatic carbocycles. The van der Waals surface area contributed by atoms with Crippen LogP contribution in [0.4, 0.5) is 4.39 Å². The maximum absolute atomic E-state index is 13.3. The number of aryl methyl sites for hydroxylation is 1. The van der Waals surface area contributed by atoms with Gasteiger partial charge >= 0.3 is 0 Å². The van der Waals surface area contributed by atoms with Crippen molar-refractivity contribution in [3.63, 3.8) is 0 Å². The minimum absolute atomic E-state index is 0.207. The normalized spacial score (nSPS) is 11.0. The van der Waals surface area contributed by atoms with Crippen LogP contribution in [-0.2, 0) is 0 Å². The first-order valence-corrected chi connectivity index (χ1v) is 6.15. The highest BCUT2D eigenvalue weighted by molar-refractivity contribution is 6.30. The van der Waals surface area contributed by atoms with Gasteiger partial charge in [-0.25, -0.2) is 14.4 Å². The number of rotatable bonds is 2. The van der Waals surface area contributed by atoms with Crippen LogP contribution in [0, 0.1) is 12.7 Å². The van der Waals surface area contributed by atoms with Crippen LogP contribution in [0.25, 0.3) is 11.3 Å². The molecule has 0 N–H and O–H groups in total. The van der Waals surface area contributed by atoms with Gasteiger partial charge in [0.1, 0.15) is 17.3 Å². The van der Waals surface area contributed by atoms with E-state index >= 15 is 0 Å². The summed E-state index contributed by atoms with van der Waals surface area (Å²) in [6.45, 7) is 5.80. The molecule has 2 aromatic rings. The van der Waals surface area contributed by atoms with Crippen LogP contribution in [0.15, 0.2) is 24.5 Å². The lowest BCUT2D eigenvalue weighted by molar-refractivity contribution is 0.618. The molecule has 0 unspecified atom stereocenters. The molecule has 2 rings (SSSR count). The Hall–Kier alpha value is -1.48. The number of hydrogen-bond acceptors (Lipinski definition) is 2. The van der Waals surface area contributed by atoms with Gasteiger partial charge in [-0.2, -0.15) is 0 Å². The van der Waals surface area contributed by atoms with Gasteiger partial charge < -0.3 is 0 Å². The third-order valence-electron chi connectivity index (χ3n) is 2.84. The third-order valence-corrected chi connectivity index (χ3v) is 3.15. The van der Waals surface area contributed by atoms with Gasteiger partial charge in [-0.1, -0.05) is 25.4 Å². The van der Waals surface area contributed by atoms with Gasteiger partial charge in [0.15, 0.2) is 0 Å². The molecule has 0 fully saturated rings. The average molecular weight is 265 g/mol. The van der Waals surface area contributed by atoms with E-state index in [1.54, 1.807) is 19.1 Å². The smallest absolute Gasteiger partial charge is 0.136 e. The molecule has 0 radical (unpaired) electrons. The second-order valence-electron chi connectivity index (χ2n) is 4.55. The summed E-state index contributed by atoms with van der Waals surface area (Å²) in [5, 5.41) is 0.456. The second kappa shape index (κ2) is 5.02. The van der Waals surface area contributed by atoms with Gasteiger partial charge in [-0.05, 0) is 36.6 Å². The molecule has 94 valence electrons. The Morgan fingerprint density at radius 2 is 1.94 bits per heavy atom. The van der Waals surface area contributed by atoms with Crippen molar-refractivity contribution in [3.05, 3.63) is 46.6 Å². The summed E-state index contributed by atoms with van der Waals surface area (Å²) in [4.78, 5) is 8.29. The SMILES string of the molecule is Cc1cc(-c2ncnc(Cl)c2C(C)C)ccc1F. The van der Waals surface area contributed by atoms with Crippen molar-refractivity contribution in [1.82, 2.24) is 9.97 Å². The van der Waals surface area contributed by atoms with Crippen LogP contribution in [0.1, 0.15) is 30.9 Å². The molecule has 4 heteroatoms. The molecule has 0 aliphatic heterocycles. The standard InChI is InChI=1S/C14H14ClFN2/c1-8(2)12-13(17-7-18-14(12)15)10-4-5-11(16)9(3)6-10/h4-8H,1-3H3. The molecule has 0 bridgehead atoms. The highest BCUT2D eigenvalue weighted by Gasteiger charge is 2.15. The van der Waals surface area contributed by atoms with E-state index in [0.29, 0.717) is 10.7 Å². The Morgan fingerprint density at radius 3 is 2.56 bits per heavy atom. The first kappa shape index (κ1) is 13.0. The first-order chi connectivity index (χ1) is 8.50. The van der Waals surface area contributed by atoms with Crippen molar-refractivity contribution in [3.8, 4) is 11.3 Å². The van der Waals surface area contributed by atoms with Gasteiger partial charge in [0.2, 0.25) is 0 Å². The topological polar surface area (TPSA) is 25.8 Å². The largest absolute Gasteiger partial charge is 0.236 e. The van der Waals surface area contributed by atoms with Gasteiger partial charge in [-0.15, -0.1) is 0 Å². The lowest BCUT2D eigenvalue weighted by Crippen LogP contribution is -1.99. The molecular formula is C14H14ClFN2. The zero-order chi connectivity index (χ0) is 13.3. The summed E-state index contributed by atoms with van der Waals surface area (Å²) >= 11 is 6.12. The maximum atomic E-state index is 13.3. The summed E-state index contributed by atoms with van der Waals surface area (Å²) in [6, 6.07) is 4.94. The van der Waals surface area contributed by atoms with Gasteiger partial charge in [0.05, 0.1) is 5.69 Å². The van der Waals surface area contributed by atoms with E-state index in [4.69, 9.17) is 11.6 Å². The number of halogens is 2. The Bertz CT molecular complexity index is 582. The second-order valence-corrected chi connectivity index (χ2v) is 4.90. The molecule has 0 aliphatic rings. The van der Waals surface area contributed by atoms with Crippen LogP contribution in [0.3, 0.4) is 0 Å². The number of aromatic nitrogens is 2. The number of benzene rings is 1. The summed E-state index contributed by atoms with van der Waals surface area (Å²) in [6.07, 6.45) is 1.43. The number of hydrogen-bond donors (Lipinski definition) is 0. The van der Waals surface area contributed by atoms with Gasteiger partial charge in [0.25, 0.3) is 0 Å². The minimum atomic E-state index is -0.218. The van der Waals surface area contributed by atoms with Crippen molar-refractivity contribution >= 4 is 11.6 Å². The molecule has 0 amide bonds. The molecule has 0 atom stereocenters. The maximum Gasteiger partial charge on any atom is 0.136 e. The van der Waals surface area contributed by atoms with E-state index in [0.717, 1.165) is 16.8 Å². The average Bonchev–Trinajstić information content (AvgIpc) is 2.32. The quantitative estimate of drug-likeness (QED) is 0.753. The zero-order valence-electron chi connectivity index (χ0n) is 10.5. The lowest BCUT2D eigenvalue weighted by Gasteiger charge is -2.13. The Kier molecular flexibility index (Phi) is 3.62. The Morgan fingerprint density at radius 1 is 1.22 bits per heavy atom. The highest BCUT2D eigenvalue weighted by Crippen LogP contribution is 2.32. The molecule has 0 spiro atoms. The van der Waals surface area contributed by atoms with Crippen molar-refractivity contribution < 1.29 is 4.39 Å². The predicted molar refractivity (Wildman–Crippen MR) is 71.3 cm³/mol. The van der Waals surface area contributed by atoms with Crippen molar-refractivity contribution in [2.75, 3.05) is 0 Å². The lowest BCUT2D eigenvalue weighted by atomic mass is 9.97. The van der Waals surface area contributed by atoms with E-state index in [1.807, 2.05) is 13.8 Å². The van der Waals surface area contributed by atoms with Gasteiger partial charge in [0, 0.05) is 11.1 Å². The Labute approximate surface area is 111 Å². The van der Waals surface area contributed by atoms with Crippen molar-refractivity contribution in [2.45, 2.75) is 26.7 Å². The summed E-state index contributed by atoms with van der Waals surface area (Å²) < 4.78 is 13.3. The van der Waals surface area contributed by atoms with E-state index in [-0.39, 0.29) is 11.7 Å². The molecule has 0 saturated carbocycles. The van der Waals surface area contributed by atoms with Crippen LogP contribution in [0.5, 0.6) is 0 Å². The van der Waals surface area contributed by atoms with Crippen molar-refractivity contribution in [1.29, 1.82) is 0 Å². The van der Waals surface area contributed by atoms with Crippen LogP contribution in [-0.4, -0.2) is 9.97 Å². The zero-order valence-corrected chi connectivity index (χ0v) is 11.3. The summed E-state index contributed by atoms with van der Waals surface area (Å²) in [5.41, 5.74) is 3.12. The highest BCUT2D eigenvalue weighted by atomic mass is 35.5. The van der Waals surface area contributed by atoms with E-state index in [9.17, 15) is 4.39 Å². The fourth-order valence-corrected chi connectivity index (χ4v) is 2.26. The molecule has 1 aromatic carbocycles. The van der Waals surface area contributed by atoms with Gasteiger partial charge in [-0.3, -0.25) is 0 Å². The minimum Gasteiger partial charge on any atom is -0.236 e. The Balaban J connectivity index is 2.63. The number of nitrogens with zero attached hydrogens (tertiary/aromatic N) is 2. The summed E-state index contributed by atoms with van der Waals surface area (Å²) in [5.74, 6) is -0.0101. The fourth-order valence-electron chi connectivity index (χ4n) is 1.91. The fraction of sp³-hybridized carbons (Fsp3) is 0.286. The van der Waals surface area contributed by atoms with Crippen LogP contribution >= 0.6 is 11.6 Å². The molecule has 2 nitrogen and oxygen atoms in total. The monoisotopic (exact) mass is 264 g/mol. The molecule has 0 saturated heterocycles. The first-order valence-electron chi connectivity index (χ1n) is 5.77. The van der Waals surface area contributed by atoms with E-state index in [2.05, 4.69) is 9.97 Å². The van der Waals surface area contributed by atoms with E-state index in [1.165, 1.54) is 12.4 Å². The molecule has 1 heterocycles. The van der Waals surface area contributed by atoms with E-state index < -0.39 is 0 Å². The molecule has 18 heavy (non-hydrogen) atoms. The predicted octanol–water partition coefficient (Wildman–Crippen LogP) is 4.37. The van der Waals surface area contributed by atoms with Crippen molar-refractivity contribution in [2.24, 2.45) is 0 Å². The van der Waals surface area contributed by atoms with Crippen LogP contribution in [0.2, 0.25) is 5.15 Å². The van der Waals surface area contributed by atoms with Crippen LogP contribution < -0.4 is 0 Å². The summed E-state index contributed by atoms with van der Waals surface area (Å²) in [7, 11) is 0. The molecule has 1 aromatic heterocycles. The third kappa shape index (κ3) is 2.36.